The number of rotatable bonds is 3. The van der Waals surface area contributed by atoms with Gasteiger partial charge in [-0.3, -0.25) is 9.59 Å². The molecule has 1 aliphatic heterocycles. The second kappa shape index (κ2) is 4.45. The summed E-state index contributed by atoms with van der Waals surface area (Å²) < 4.78 is 5.34. The van der Waals surface area contributed by atoms with Crippen LogP contribution in [0.1, 0.15) is 12.5 Å². The maximum absolute atomic E-state index is 11.5. The first-order chi connectivity index (χ1) is 8.08. The number of benzene rings is 1. The van der Waals surface area contributed by atoms with E-state index in [0.29, 0.717) is 12.3 Å². The number of aliphatic carboxylic acids is 1. The van der Waals surface area contributed by atoms with Crippen molar-refractivity contribution >= 4 is 17.6 Å². The van der Waals surface area contributed by atoms with Crippen molar-refractivity contribution in [2.75, 3.05) is 11.9 Å². The van der Waals surface area contributed by atoms with E-state index in [2.05, 4.69) is 5.32 Å². The number of carboxylic acid groups (broad SMARTS) is 1. The number of nitrogens with one attached hydrogen (secondary N) is 1. The van der Waals surface area contributed by atoms with Crippen molar-refractivity contribution < 1.29 is 19.4 Å². The van der Waals surface area contributed by atoms with E-state index in [9.17, 15) is 9.59 Å². The van der Waals surface area contributed by atoms with Crippen molar-refractivity contribution in [3.63, 3.8) is 0 Å². The molecule has 0 fully saturated rings. The summed E-state index contributed by atoms with van der Waals surface area (Å²) in [4.78, 5) is 22.2. The molecule has 1 amide bonds. The van der Waals surface area contributed by atoms with Gasteiger partial charge in [0.25, 0.3) is 0 Å². The first-order valence-electron chi connectivity index (χ1n) is 5.37. The van der Waals surface area contributed by atoms with Crippen LogP contribution in [0.2, 0.25) is 0 Å². The molecule has 1 atom stereocenters. The van der Waals surface area contributed by atoms with Gasteiger partial charge in [0.2, 0.25) is 5.91 Å². The topological polar surface area (TPSA) is 75.6 Å². The summed E-state index contributed by atoms with van der Waals surface area (Å²) >= 11 is 0. The summed E-state index contributed by atoms with van der Waals surface area (Å²) in [6.07, 6.45) is 0.813. The Kier molecular flexibility index (Phi) is 2.99. The maximum Gasteiger partial charge on any atom is 0.315 e. The van der Waals surface area contributed by atoms with E-state index >= 15 is 0 Å². The van der Waals surface area contributed by atoms with Crippen LogP contribution in [-0.4, -0.2) is 23.6 Å². The van der Waals surface area contributed by atoms with Crippen LogP contribution in [0.15, 0.2) is 18.2 Å². The standard InChI is InChI=1S/C12H13NO4/c1-7(12(15)16)11(14)13-9-2-3-10-8(6-9)4-5-17-10/h2-3,6-7H,4-5H2,1H3,(H,13,14)(H,15,16). The highest BCUT2D eigenvalue weighted by molar-refractivity contribution is 6.03. The highest BCUT2D eigenvalue weighted by atomic mass is 16.5. The molecule has 0 saturated heterocycles. The Bertz CT molecular complexity index is 470. The van der Waals surface area contributed by atoms with Crippen molar-refractivity contribution in [2.24, 2.45) is 5.92 Å². The molecule has 0 bridgehead atoms. The molecule has 1 unspecified atom stereocenters. The van der Waals surface area contributed by atoms with Crippen LogP contribution in [-0.2, 0) is 16.0 Å². The minimum atomic E-state index is -1.13. The molecule has 90 valence electrons. The van der Waals surface area contributed by atoms with Crippen LogP contribution in [0, 0.1) is 5.92 Å². The third kappa shape index (κ3) is 2.38. The number of fused-ring (bicyclic) bond motifs is 1. The molecule has 0 spiro atoms. The monoisotopic (exact) mass is 235 g/mol. The quantitative estimate of drug-likeness (QED) is 0.774. The van der Waals surface area contributed by atoms with E-state index in [1.165, 1.54) is 6.92 Å². The van der Waals surface area contributed by atoms with E-state index in [1.807, 2.05) is 6.07 Å². The third-order valence-corrected chi connectivity index (χ3v) is 2.72. The fourth-order valence-corrected chi connectivity index (χ4v) is 1.63. The molecular weight excluding hydrogens is 222 g/mol. The van der Waals surface area contributed by atoms with Gasteiger partial charge in [-0.2, -0.15) is 0 Å². The second-order valence-corrected chi connectivity index (χ2v) is 3.97. The van der Waals surface area contributed by atoms with Crippen LogP contribution < -0.4 is 10.1 Å². The van der Waals surface area contributed by atoms with E-state index in [-0.39, 0.29) is 0 Å². The van der Waals surface area contributed by atoms with Crippen LogP contribution in [0.25, 0.3) is 0 Å². The number of carboxylic acids is 1. The molecule has 17 heavy (non-hydrogen) atoms. The number of ether oxygens (including phenoxy) is 1. The molecule has 5 nitrogen and oxygen atoms in total. The van der Waals surface area contributed by atoms with Crippen molar-refractivity contribution in [3.05, 3.63) is 23.8 Å². The largest absolute Gasteiger partial charge is 0.493 e. The summed E-state index contributed by atoms with van der Waals surface area (Å²) in [5.41, 5.74) is 1.64. The average Bonchev–Trinajstić information content (AvgIpc) is 2.74. The van der Waals surface area contributed by atoms with E-state index in [4.69, 9.17) is 9.84 Å². The van der Waals surface area contributed by atoms with Gasteiger partial charge in [-0.15, -0.1) is 0 Å². The lowest BCUT2D eigenvalue weighted by atomic mass is 10.1. The highest BCUT2D eigenvalue weighted by Crippen LogP contribution is 2.27. The number of amides is 1. The molecule has 0 aliphatic carbocycles. The van der Waals surface area contributed by atoms with Crippen molar-refractivity contribution in [2.45, 2.75) is 13.3 Å². The van der Waals surface area contributed by atoms with Gasteiger partial charge >= 0.3 is 5.97 Å². The lowest BCUT2D eigenvalue weighted by Gasteiger charge is -2.09. The molecule has 1 aromatic rings. The molecule has 1 aromatic carbocycles. The summed E-state index contributed by atoms with van der Waals surface area (Å²) in [5, 5.41) is 11.3. The molecule has 0 radical (unpaired) electrons. The Morgan fingerprint density at radius 1 is 1.47 bits per heavy atom. The highest BCUT2D eigenvalue weighted by Gasteiger charge is 2.21. The van der Waals surface area contributed by atoms with Gasteiger partial charge in [-0.1, -0.05) is 0 Å². The van der Waals surface area contributed by atoms with E-state index < -0.39 is 17.8 Å². The Hall–Kier alpha value is -2.04. The Morgan fingerprint density at radius 2 is 2.24 bits per heavy atom. The van der Waals surface area contributed by atoms with Gasteiger partial charge in [0.1, 0.15) is 11.7 Å². The average molecular weight is 235 g/mol. The number of carbonyl (C=O) groups excluding carboxylic acids is 1. The molecule has 1 aliphatic rings. The van der Waals surface area contributed by atoms with E-state index in [0.717, 1.165) is 17.7 Å². The minimum Gasteiger partial charge on any atom is -0.493 e. The molecular formula is C12H13NO4. The van der Waals surface area contributed by atoms with E-state index in [1.54, 1.807) is 12.1 Å². The summed E-state index contributed by atoms with van der Waals surface area (Å²) in [6.45, 7) is 2.01. The number of hydrogen-bond acceptors (Lipinski definition) is 3. The number of carbonyl (C=O) groups is 2. The molecule has 2 N–H and O–H groups in total. The van der Waals surface area contributed by atoms with Crippen LogP contribution in [0.5, 0.6) is 5.75 Å². The lowest BCUT2D eigenvalue weighted by molar-refractivity contribution is -0.144. The van der Waals surface area contributed by atoms with Gasteiger partial charge in [0.15, 0.2) is 0 Å². The van der Waals surface area contributed by atoms with Crippen LogP contribution >= 0.6 is 0 Å². The summed E-state index contributed by atoms with van der Waals surface area (Å²) in [6, 6.07) is 5.30. The molecule has 2 rings (SSSR count). The first-order valence-corrected chi connectivity index (χ1v) is 5.37. The zero-order valence-corrected chi connectivity index (χ0v) is 9.40. The summed E-state index contributed by atoms with van der Waals surface area (Å²) in [5.74, 6) is -1.88. The Balaban J connectivity index is 2.09. The van der Waals surface area contributed by atoms with Gasteiger partial charge in [0.05, 0.1) is 6.61 Å². The summed E-state index contributed by atoms with van der Waals surface area (Å²) in [7, 11) is 0. The number of hydrogen-bond donors (Lipinski definition) is 2. The van der Waals surface area contributed by atoms with Gasteiger partial charge in [-0.25, -0.2) is 0 Å². The van der Waals surface area contributed by atoms with Crippen molar-refractivity contribution in [1.29, 1.82) is 0 Å². The predicted octanol–water partition coefficient (Wildman–Crippen LogP) is 1.28. The molecule has 1 heterocycles. The molecule has 0 saturated carbocycles. The Labute approximate surface area is 98.4 Å². The fraction of sp³-hybridized carbons (Fsp3) is 0.333. The Morgan fingerprint density at radius 3 is 2.94 bits per heavy atom. The first kappa shape index (κ1) is 11.4. The zero-order valence-electron chi connectivity index (χ0n) is 9.40. The molecule has 5 heteroatoms. The van der Waals surface area contributed by atoms with Crippen LogP contribution in [0.3, 0.4) is 0 Å². The zero-order chi connectivity index (χ0) is 12.4. The number of anilines is 1. The van der Waals surface area contributed by atoms with Gasteiger partial charge in [-0.05, 0) is 30.7 Å². The predicted molar refractivity (Wildman–Crippen MR) is 61.1 cm³/mol. The fourth-order valence-electron chi connectivity index (χ4n) is 1.63. The van der Waals surface area contributed by atoms with Crippen molar-refractivity contribution in [3.8, 4) is 5.75 Å². The smallest absolute Gasteiger partial charge is 0.315 e. The minimum absolute atomic E-state index is 0.517. The molecule has 0 aromatic heterocycles. The van der Waals surface area contributed by atoms with Gasteiger partial charge < -0.3 is 15.2 Å². The normalized spacial score (nSPS) is 14.6. The SMILES string of the molecule is CC(C(=O)O)C(=O)Nc1ccc2c(c1)CCO2. The second-order valence-electron chi connectivity index (χ2n) is 3.97. The van der Waals surface area contributed by atoms with Crippen molar-refractivity contribution in [1.82, 2.24) is 0 Å². The third-order valence-electron chi connectivity index (χ3n) is 2.72. The van der Waals surface area contributed by atoms with Gasteiger partial charge in [0, 0.05) is 12.1 Å². The van der Waals surface area contributed by atoms with Crippen LogP contribution in [0.4, 0.5) is 5.69 Å². The maximum atomic E-state index is 11.5. The lowest BCUT2D eigenvalue weighted by Crippen LogP contribution is -2.26.